The van der Waals surface area contributed by atoms with Crippen molar-refractivity contribution in [3.05, 3.63) is 152 Å². The Morgan fingerprint density at radius 2 is 1.29 bits per heavy atom. The van der Waals surface area contributed by atoms with Gasteiger partial charge in [-0.15, -0.1) is 10.2 Å². The molecule has 0 aliphatic carbocycles. The van der Waals surface area contributed by atoms with Crippen molar-refractivity contribution in [3.8, 4) is 22.5 Å². The molecule has 0 atom stereocenters. The number of nitrogens with one attached hydrogen (secondary N) is 1. The van der Waals surface area contributed by atoms with Gasteiger partial charge in [0.1, 0.15) is 28.8 Å². The highest BCUT2D eigenvalue weighted by atomic mass is 35.5. The topological polar surface area (TPSA) is 120 Å². The summed E-state index contributed by atoms with van der Waals surface area (Å²) < 4.78 is 3.50. The second-order valence-corrected chi connectivity index (χ2v) is 18.2. The molecule has 9 aromatic rings. The van der Waals surface area contributed by atoms with Crippen molar-refractivity contribution in [3.63, 3.8) is 0 Å². The molecule has 0 spiro atoms. The van der Waals surface area contributed by atoms with Gasteiger partial charge in [-0.2, -0.15) is 15.0 Å². The molecule has 306 valence electrons. The van der Waals surface area contributed by atoms with E-state index in [9.17, 15) is 5.26 Å². The first-order chi connectivity index (χ1) is 29.8. The first-order valence-corrected chi connectivity index (χ1v) is 22.1. The maximum absolute atomic E-state index is 10.7. The van der Waals surface area contributed by atoms with Crippen LogP contribution in [0.15, 0.2) is 107 Å². The number of anilines is 5. The summed E-state index contributed by atoms with van der Waals surface area (Å²) in [6.07, 6.45) is 0. The fraction of sp³-hybridized carbons (Fsp3) is 0.146. The fourth-order valence-electron chi connectivity index (χ4n) is 7.90. The predicted molar refractivity (Wildman–Crippen MR) is 256 cm³/mol. The second kappa shape index (κ2) is 16.4. The second-order valence-electron chi connectivity index (χ2n) is 15.3. The number of aryl methyl sites for hydroxylation is 7. The average molecular weight is 890 g/mol. The van der Waals surface area contributed by atoms with E-state index in [1.54, 1.807) is 22.1 Å². The quantitative estimate of drug-likeness (QED) is 0.143. The number of thiazole rings is 2. The lowest BCUT2D eigenvalue weighted by atomic mass is 10.0. The van der Waals surface area contributed by atoms with Crippen LogP contribution < -0.4 is 10.2 Å². The summed E-state index contributed by atoms with van der Waals surface area (Å²) in [5, 5.41) is 31.6. The normalized spacial score (nSPS) is 11.5. The van der Waals surface area contributed by atoms with Crippen LogP contribution in [-0.4, -0.2) is 24.7 Å². The van der Waals surface area contributed by atoms with Crippen molar-refractivity contribution >= 4 is 106 Å². The number of azo groups is 1. The lowest BCUT2D eigenvalue weighted by molar-refractivity contribution is 0.866. The van der Waals surface area contributed by atoms with E-state index < -0.39 is 0 Å². The van der Waals surface area contributed by atoms with Crippen LogP contribution in [0, 0.1) is 59.8 Å². The summed E-state index contributed by atoms with van der Waals surface area (Å²) in [4.78, 5) is 17.5. The number of aromatic nitrogens is 5. The van der Waals surface area contributed by atoms with Gasteiger partial charge >= 0.3 is 0 Å². The summed E-state index contributed by atoms with van der Waals surface area (Å²) in [5.41, 5.74) is 12.7. The molecule has 4 aromatic heterocycles. The van der Waals surface area contributed by atoms with Crippen LogP contribution in [0.25, 0.3) is 36.8 Å². The van der Waals surface area contributed by atoms with Crippen LogP contribution in [0.3, 0.4) is 0 Å². The number of fused-ring (bicyclic) bond motifs is 2. The van der Waals surface area contributed by atoms with E-state index in [4.69, 9.17) is 53.5 Å². The van der Waals surface area contributed by atoms with Crippen molar-refractivity contribution in [2.24, 2.45) is 10.2 Å². The Balaban J connectivity index is 1.27. The summed E-state index contributed by atoms with van der Waals surface area (Å²) >= 11 is 15.8. The van der Waals surface area contributed by atoms with Gasteiger partial charge in [0.25, 0.3) is 0 Å². The van der Waals surface area contributed by atoms with E-state index >= 15 is 0 Å². The van der Waals surface area contributed by atoms with E-state index in [-0.39, 0.29) is 11.4 Å². The molecule has 0 amide bonds. The largest absolute Gasteiger partial charge is 0.338 e. The van der Waals surface area contributed by atoms with Crippen molar-refractivity contribution < 1.29 is 0 Å². The monoisotopic (exact) mass is 888 g/mol. The van der Waals surface area contributed by atoms with Gasteiger partial charge in [-0.1, -0.05) is 112 Å². The highest BCUT2D eigenvalue weighted by molar-refractivity contribution is 7.22. The molecule has 14 heteroatoms. The third kappa shape index (κ3) is 7.69. The van der Waals surface area contributed by atoms with Crippen LogP contribution in [-0.2, 0) is 0 Å². The van der Waals surface area contributed by atoms with E-state index in [0.717, 1.165) is 75.9 Å². The first kappa shape index (κ1) is 40.9. The molecule has 0 saturated carbocycles. The molecule has 0 unspecified atom stereocenters. The minimum atomic E-state index is 0.231. The first-order valence-electron chi connectivity index (χ1n) is 19.7. The third-order valence-electron chi connectivity index (χ3n) is 10.5. The summed E-state index contributed by atoms with van der Waals surface area (Å²) in [6, 6.07) is 33.9. The van der Waals surface area contributed by atoms with Gasteiger partial charge in [0.05, 0.1) is 26.1 Å². The van der Waals surface area contributed by atoms with Gasteiger partial charge in [-0.25, -0.2) is 15.0 Å². The van der Waals surface area contributed by atoms with Crippen LogP contribution >= 0.6 is 45.9 Å². The minimum absolute atomic E-state index is 0.231. The maximum Gasteiger partial charge on any atom is 0.213 e. The SMILES string of the molecule is Cc1cc(C)c(Nc2nc(N(c3nc4cc(Cl)ccc4s3)c3c(C)cc(C)cc3C)cc(C)c2N=Nc2c(C#N)c(-c3ccccc3)nn2-c2nc3cc(Cl)ccc3s2)c(C)c1. The highest BCUT2D eigenvalue weighted by Crippen LogP contribution is 2.46. The minimum Gasteiger partial charge on any atom is -0.338 e. The zero-order valence-electron chi connectivity index (χ0n) is 34.8. The lowest BCUT2D eigenvalue weighted by Crippen LogP contribution is -2.15. The number of pyridine rings is 1. The number of rotatable bonds is 9. The van der Waals surface area contributed by atoms with Gasteiger partial charge in [-0.3, -0.25) is 4.90 Å². The molecule has 0 aliphatic heterocycles. The number of halogens is 2. The molecule has 0 fully saturated rings. The molecule has 62 heavy (non-hydrogen) atoms. The third-order valence-corrected chi connectivity index (χ3v) is 13.0. The number of nitriles is 1. The van der Waals surface area contributed by atoms with Crippen LogP contribution in [0.5, 0.6) is 0 Å². The summed E-state index contributed by atoms with van der Waals surface area (Å²) in [7, 11) is 0. The smallest absolute Gasteiger partial charge is 0.213 e. The van der Waals surface area contributed by atoms with Gasteiger partial charge in [0, 0.05) is 21.3 Å². The maximum atomic E-state index is 10.7. The van der Waals surface area contributed by atoms with Crippen LogP contribution in [0.1, 0.15) is 44.5 Å². The predicted octanol–water partition coefficient (Wildman–Crippen LogP) is 15.1. The average Bonchev–Trinajstić information content (AvgIpc) is 3.95. The van der Waals surface area contributed by atoms with Crippen molar-refractivity contribution in [1.82, 2.24) is 24.7 Å². The molecular formula is C48H38Cl2N10S2. The molecule has 0 radical (unpaired) electrons. The number of benzene rings is 5. The molecule has 9 rings (SSSR count). The number of hydrogen-bond donors (Lipinski definition) is 1. The number of hydrogen-bond acceptors (Lipinski definition) is 11. The zero-order valence-corrected chi connectivity index (χ0v) is 38.0. The fourth-order valence-corrected chi connectivity index (χ4v) is 10.1. The van der Waals surface area contributed by atoms with E-state index in [0.29, 0.717) is 43.7 Å². The summed E-state index contributed by atoms with van der Waals surface area (Å²) in [5.74, 6) is 1.33. The summed E-state index contributed by atoms with van der Waals surface area (Å²) in [6.45, 7) is 14.5. The molecule has 0 saturated heterocycles. The Hall–Kier alpha value is -6.49. The molecule has 0 bridgehead atoms. The van der Waals surface area contributed by atoms with Gasteiger partial charge in [0.2, 0.25) is 5.13 Å². The Morgan fingerprint density at radius 3 is 1.94 bits per heavy atom. The molecule has 1 N–H and O–H groups in total. The van der Waals surface area contributed by atoms with Gasteiger partial charge in [-0.05, 0) is 119 Å². The van der Waals surface area contributed by atoms with Crippen LogP contribution in [0.4, 0.5) is 39.6 Å². The van der Waals surface area contributed by atoms with Crippen molar-refractivity contribution in [2.75, 3.05) is 10.2 Å². The molecule has 4 heterocycles. The van der Waals surface area contributed by atoms with E-state index in [1.807, 2.05) is 73.7 Å². The molecule has 5 aromatic carbocycles. The number of nitrogens with zero attached hydrogens (tertiary/aromatic N) is 9. The zero-order chi connectivity index (χ0) is 43.4. The van der Waals surface area contributed by atoms with Crippen LogP contribution in [0.2, 0.25) is 10.0 Å². The van der Waals surface area contributed by atoms with Crippen molar-refractivity contribution in [1.29, 1.82) is 5.26 Å². The lowest BCUT2D eigenvalue weighted by Gasteiger charge is -2.27. The molecular weight excluding hydrogens is 852 g/mol. The Labute approximate surface area is 376 Å². The highest BCUT2D eigenvalue weighted by Gasteiger charge is 2.27. The Bertz CT molecular complexity index is 3260. The van der Waals surface area contributed by atoms with Crippen molar-refractivity contribution in [2.45, 2.75) is 48.5 Å². The van der Waals surface area contributed by atoms with Gasteiger partial charge < -0.3 is 5.32 Å². The Kier molecular flexibility index (Phi) is 10.8. The molecule has 0 aliphatic rings. The Morgan fingerprint density at radius 1 is 0.677 bits per heavy atom. The molecule has 10 nitrogen and oxygen atoms in total. The standard InChI is InChI=1S/C48H38Cl2N10S2/c1-25-17-27(3)41(28(4)18-25)55-45-42(29(5)21-40(54-45)59(44-30(6)19-26(2)20-31(44)7)47-52-36-22-33(49)13-15-38(36)61-47)56-57-46-35(24-51)43(32-11-9-8-10-12-32)58-60(46)48-53-37-23-34(50)14-16-39(37)62-48/h8-23H,1-7H3,(H,54,55). The van der Waals surface area contributed by atoms with E-state index in [1.165, 1.54) is 11.3 Å². The van der Waals surface area contributed by atoms with Gasteiger partial charge in [0.15, 0.2) is 16.8 Å². The van der Waals surface area contributed by atoms with E-state index in [2.05, 4.69) is 82.1 Å².